The summed E-state index contributed by atoms with van der Waals surface area (Å²) in [6.07, 6.45) is 0.804. The zero-order valence-corrected chi connectivity index (χ0v) is 15.6. The van der Waals surface area contributed by atoms with Gasteiger partial charge in [-0.05, 0) is 30.7 Å². The SMILES string of the molecule is CCc1nn(C)c(OC)c1CNc1ccc(C(=O)Nc2ccccc2)nn1. The second-order valence-electron chi connectivity index (χ2n) is 5.89. The van der Waals surface area contributed by atoms with Crippen molar-refractivity contribution in [2.45, 2.75) is 19.9 Å². The Morgan fingerprint density at radius 1 is 1.15 bits per heavy atom. The highest BCUT2D eigenvalue weighted by Crippen LogP contribution is 2.23. The number of hydrogen-bond donors (Lipinski definition) is 2. The van der Waals surface area contributed by atoms with Gasteiger partial charge in [0, 0.05) is 19.3 Å². The molecule has 0 atom stereocenters. The molecule has 1 amide bonds. The fourth-order valence-corrected chi connectivity index (χ4v) is 2.77. The molecule has 0 radical (unpaired) electrons. The van der Waals surface area contributed by atoms with Gasteiger partial charge in [-0.3, -0.25) is 4.79 Å². The van der Waals surface area contributed by atoms with Crippen molar-refractivity contribution in [3.8, 4) is 5.88 Å². The van der Waals surface area contributed by atoms with Crippen LogP contribution >= 0.6 is 0 Å². The van der Waals surface area contributed by atoms with E-state index in [0.717, 1.165) is 17.7 Å². The number of ether oxygens (including phenoxy) is 1. The summed E-state index contributed by atoms with van der Waals surface area (Å²) in [5.41, 5.74) is 2.91. The average Bonchev–Trinajstić information content (AvgIpc) is 3.02. The van der Waals surface area contributed by atoms with Crippen LogP contribution in [-0.2, 0) is 20.0 Å². The third-order valence-corrected chi connectivity index (χ3v) is 4.07. The molecule has 0 unspecified atom stereocenters. The molecule has 2 N–H and O–H groups in total. The molecule has 0 aliphatic carbocycles. The molecule has 0 aliphatic heterocycles. The monoisotopic (exact) mass is 366 g/mol. The van der Waals surface area contributed by atoms with E-state index >= 15 is 0 Å². The first kappa shape index (κ1) is 18.4. The van der Waals surface area contributed by atoms with Gasteiger partial charge < -0.3 is 15.4 Å². The molecule has 1 aromatic carbocycles. The summed E-state index contributed by atoms with van der Waals surface area (Å²) >= 11 is 0. The maximum Gasteiger partial charge on any atom is 0.276 e. The fraction of sp³-hybridized carbons (Fsp3) is 0.263. The molecule has 0 saturated heterocycles. The summed E-state index contributed by atoms with van der Waals surface area (Å²) in [5.74, 6) is 0.979. The topological polar surface area (TPSA) is 94.0 Å². The lowest BCUT2D eigenvalue weighted by Gasteiger charge is -2.08. The Kier molecular flexibility index (Phi) is 5.65. The van der Waals surface area contributed by atoms with Crippen LogP contribution in [0.25, 0.3) is 0 Å². The van der Waals surface area contributed by atoms with E-state index in [9.17, 15) is 4.79 Å². The third-order valence-electron chi connectivity index (χ3n) is 4.07. The predicted molar refractivity (Wildman–Crippen MR) is 103 cm³/mol. The second-order valence-corrected chi connectivity index (χ2v) is 5.89. The number of amides is 1. The van der Waals surface area contributed by atoms with Crippen molar-refractivity contribution in [1.82, 2.24) is 20.0 Å². The highest BCUT2D eigenvalue weighted by atomic mass is 16.5. The van der Waals surface area contributed by atoms with Crippen LogP contribution in [0.5, 0.6) is 5.88 Å². The Morgan fingerprint density at radius 3 is 2.56 bits per heavy atom. The number of anilines is 2. The lowest BCUT2D eigenvalue weighted by atomic mass is 10.2. The van der Waals surface area contributed by atoms with E-state index in [1.54, 1.807) is 23.9 Å². The number of carbonyl (C=O) groups excluding carboxylic acids is 1. The first-order valence-corrected chi connectivity index (χ1v) is 8.65. The van der Waals surface area contributed by atoms with Crippen LogP contribution in [-0.4, -0.2) is 33.0 Å². The highest BCUT2D eigenvalue weighted by Gasteiger charge is 2.16. The summed E-state index contributed by atoms with van der Waals surface area (Å²) in [5, 5.41) is 18.5. The Bertz CT molecular complexity index is 906. The van der Waals surface area contributed by atoms with Gasteiger partial charge >= 0.3 is 0 Å². The Labute approximate surface area is 157 Å². The van der Waals surface area contributed by atoms with Crippen LogP contribution in [0.15, 0.2) is 42.5 Å². The lowest BCUT2D eigenvalue weighted by molar-refractivity contribution is 0.102. The van der Waals surface area contributed by atoms with E-state index < -0.39 is 0 Å². The van der Waals surface area contributed by atoms with Gasteiger partial charge in [0.25, 0.3) is 5.91 Å². The largest absolute Gasteiger partial charge is 0.481 e. The van der Waals surface area contributed by atoms with Crippen LogP contribution < -0.4 is 15.4 Å². The first-order valence-electron chi connectivity index (χ1n) is 8.65. The van der Waals surface area contributed by atoms with Gasteiger partial charge in [0.1, 0.15) is 5.82 Å². The van der Waals surface area contributed by atoms with Gasteiger partial charge in [-0.2, -0.15) is 5.10 Å². The van der Waals surface area contributed by atoms with E-state index in [1.807, 2.05) is 44.3 Å². The zero-order valence-electron chi connectivity index (χ0n) is 15.6. The van der Waals surface area contributed by atoms with Crippen LogP contribution in [0, 0.1) is 0 Å². The van der Waals surface area contributed by atoms with Crippen molar-refractivity contribution in [1.29, 1.82) is 0 Å². The van der Waals surface area contributed by atoms with E-state index in [1.165, 1.54) is 0 Å². The molecule has 0 saturated carbocycles. The molecule has 0 fully saturated rings. The number of rotatable bonds is 7. The molecule has 8 heteroatoms. The van der Waals surface area contributed by atoms with Gasteiger partial charge in [0.2, 0.25) is 5.88 Å². The number of aryl methyl sites for hydroxylation is 2. The number of hydrogen-bond acceptors (Lipinski definition) is 6. The summed E-state index contributed by atoms with van der Waals surface area (Å²) in [4.78, 5) is 12.2. The average molecular weight is 366 g/mol. The van der Waals surface area contributed by atoms with Crippen molar-refractivity contribution >= 4 is 17.4 Å². The normalized spacial score (nSPS) is 10.5. The Morgan fingerprint density at radius 2 is 1.93 bits per heavy atom. The maximum absolute atomic E-state index is 12.2. The molecule has 0 aliphatic rings. The number of carbonyl (C=O) groups is 1. The van der Waals surface area contributed by atoms with E-state index in [-0.39, 0.29) is 11.6 Å². The van der Waals surface area contributed by atoms with Crippen LogP contribution in [0.1, 0.15) is 28.7 Å². The summed E-state index contributed by atoms with van der Waals surface area (Å²) in [6.45, 7) is 2.55. The highest BCUT2D eigenvalue weighted by molar-refractivity contribution is 6.02. The summed E-state index contributed by atoms with van der Waals surface area (Å²) in [7, 11) is 3.47. The quantitative estimate of drug-likeness (QED) is 0.668. The van der Waals surface area contributed by atoms with Gasteiger partial charge in [-0.25, -0.2) is 4.68 Å². The molecular formula is C19H22N6O2. The molecule has 2 heterocycles. The van der Waals surface area contributed by atoms with Crippen molar-refractivity contribution in [2.24, 2.45) is 7.05 Å². The summed E-state index contributed by atoms with van der Waals surface area (Å²) < 4.78 is 7.15. The van der Waals surface area contributed by atoms with Gasteiger partial charge in [0.15, 0.2) is 5.69 Å². The molecular weight excluding hydrogens is 344 g/mol. The molecule has 2 aromatic heterocycles. The van der Waals surface area contributed by atoms with Crippen molar-refractivity contribution in [3.63, 3.8) is 0 Å². The van der Waals surface area contributed by atoms with Crippen LogP contribution in [0.4, 0.5) is 11.5 Å². The van der Waals surface area contributed by atoms with Crippen molar-refractivity contribution in [2.75, 3.05) is 17.7 Å². The Hall–Kier alpha value is -3.42. The first-order chi connectivity index (χ1) is 13.1. The smallest absolute Gasteiger partial charge is 0.276 e. The van der Waals surface area contributed by atoms with E-state index in [0.29, 0.717) is 23.9 Å². The number of benzene rings is 1. The number of para-hydroxylation sites is 1. The van der Waals surface area contributed by atoms with E-state index in [4.69, 9.17) is 4.74 Å². The second kappa shape index (κ2) is 8.31. The minimum absolute atomic E-state index is 0.248. The van der Waals surface area contributed by atoms with Gasteiger partial charge in [-0.15, -0.1) is 10.2 Å². The standard InChI is InChI=1S/C19H22N6O2/c1-4-15-14(19(27-3)25(2)24-15)12-20-17-11-10-16(22-23-17)18(26)21-13-8-6-5-7-9-13/h5-11H,4,12H2,1-3H3,(H,20,23)(H,21,26). The molecule has 3 rings (SSSR count). The van der Waals surface area contributed by atoms with Crippen molar-refractivity contribution in [3.05, 3.63) is 59.4 Å². The Balaban J connectivity index is 1.65. The minimum atomic E-state index is -0.303. The molecule has 3 aromatic rings. The zero-order chi connectivity index (χ0) is 19.2. The third kappa shape index (κ3) is 4.22. The predicted octanol–water partition coefficient (Wildman–Crippen LogP) is 2.65. The fourth-order valence-electron chi connectivity index (χ4n) is 2.77. The lowest BCUT2D eigenvalue weighted by Crippen LogP contribution is -2.15. The molecule has 0 spiro atoms. The molecule has 140 valence electrons. The van der Waals surface area contributed by atoms with Crippen LogP contribution in [0.2, 0.25) is 0 Å². The van der Waals surface area contributed by atoms with Gasteiger partial charge in [0.05, 0.1) is 18.4 Å². The number of nitrogens with zero attached hydrogens (tertiary/aromatic N) is 4. The van der Waals surface area contributed by atoms with Gasteiger partial charge in [-0.1, -0.05) is 25.1 Å². The van der Waals surface area contributed by atoms with Crippen molar-refractivity contribution < 1.29 is 9.53 Å². The number of methoxy groups -OCH3 is 1. The molecule has 0 bridgehead atoms. The number of aromatic nitrogens is 4. The maximum atomic E-state index is 12.2. The molecule has 8 nitrogen and oxygen atoms in total. The number of nitrogens with one attached hydrogen (secondary N) is 2. The van der Waals surface area contributed by atoms with E-state index in [2.05, 4.69) is 25.9 Å². The van der Waals surface area contributed by atoms with Crippen LogP contribution in [0.3, 0.4) is 0 Å². The summed E-state index contributed by atoms with van der Waals surface area (Å²) in [6, 6.07) is 12.6. The minimum Gasteiger partial charge on any atom is -0.481 e. The molecule has 27 heavy (non-hydrogen) atoms.